The first kappa shape index (κ1) is 15.7. The van der Waals surface area contributed by atoms with Gasteiger partial charge in [-0.15, -0.1) is 11.8 Å². The van der Waals surface area contributed by atoms with Gasteiger partial charge in [0.1, 0.15) is 5.92 Å². The topological polar surface area (TPSA) is 80.5 Å². The third-order valence-corrected chi connectivity index (χ3v) is 6.66. The molecule has 1 aromatic carbocycles. The quantitative estimate of drug-likeness (QED) is 0.675. The summed E-state index contributed by atoms with van der Waals surface area (Å²) in [5, 5.41) is 0. The molecule has 3 aliphatic rings. The number of thioether (sulfide) groups is 1. The van der Waals surface area contributed by atoms with E-state index in [1.165, 1.54) is 18.2 Å². The highest BCUT2D eigenvalue weighted by molar-refractivity contribution is 7.98. The van der Waals surface area contributed by atoms with Gasteiger partial charge in [-0.1, -0.05) is 12.5 Å². The van der Waals surface area contributed by atoms with Crippen molar-refractivity contribution in [2.45, 2.75) is 36.5 Å². The number of benzene rings is 1. The Morgan fingerprint density at radius 3 is 2.62 bits per heavy atom. The lowest BCUT2D eigenvalue weighted by Crippen LogP contribution is -2.41. The van der Waals surface area contributed by atoms with Gasteiger partial charge in [-0.25, -0.2) is 9.69 Å². The second-order valence-electron chi connectivity index (χ2n) is 7.02. The minimum absolute atomic E-state index is 0.0151. The average molecular weight is 344 g/mol. The van der Waals surface area contributed by atoms with Crippen LogP contribution in [0.15, 0.2) is 23.1 Å². The van der Waals surface area contributed by atoms with Crippen LogP contribution in [0.3, 0.4) is 0 Å². The highest BCUT2D eigenvalue weighted by Crippen LogP contribution is 2.52. The number of hydrogen-bond acceptors (Lipinski definition) is 4. The van der Waals surface area contributed by atoms with Crippen LogP contribution in [0.2, 0.25) is 0 Å². The van der Waals surface area contributed by atoms with Gasteiger partial charge in [0, 0.05) is 16.4 Å². The van der Waals surface area contributed by atoms with Gasteiger partial charge in [0.05, 0.1) is 5.69 Å². The Hall–Kier alpha value is -1.82. The highest BCUT2D eigenvalue weighted by atomic mass is 32.2. The van der Waals surface area contributed by atoms with Crippen molar-refractivity contribution in [3.63, 3.8) is 0 Å². The third-order valence-electron chi connectivity index (χ3n) is 5.87. The Kier molecular flexibility index (Phi) is 3.67. The summed E-state index contributed by atoms with van der Waals surface area (Å²) in [4.78, 5) is 39.8. The number of primary amides is 1. The van der Waals surface area contributed by atoms with Gasteiger partial charge in [-0.05, 0) is 49.5 Å². The number of urea groups is 1. The normalized spacial score (nSPS) is 30.7. The van der Waals surface area contributed by atoms with Crippen LogP contribution >= 0.6 is 11.8 Å². The highest BCUT2D eigenvalue weighted by Gasteiger charge is 2.51. The van der Waals surface area contributed by atoms with Crippen molar-refractivity contribution in [1.29, 1.82) is 0 Å². The SMILES string of the molecule is CSc1cccc2c1C(C(=O)C1CC3CCC1C3)C(=O)N2C(N)=O. The molecule has 0 radical (unpaired) electrons. The molecule has 126 valence electrons. The maximum Gasteiger partial charge on any atom is 0.326 e. The largest absolute Gasteiger partial charge is 0.351 e. The molecular formula is C18H20N2O3S. The molecule has 4 unspecified atom stereocenters. The molecule has 5 nitrogen and oxygen atoms in total. The Morgan fingerprint density at radius 1 is 1.25 bits per heavy atom. The van der Waals surface area contributed by atoms with Crippen molar-refractivity contribution < 1.29 is 14.4 Å². The first-order chi connectivity index (χ1) is 11.5. The Bertz CT molecular complexity index is 748. The van der Waals surface area contributed by atoms with Gasteiger partial charge in [0.25, 0.3) is 0 Å². The van der Waals surface area contributed by atoms with Crippen LogP contribution in [0.4, 0.5) is 10.5 Å². The minimum Gasteiger partial charge on any atom is -0.351 e. The minimum atomic E-state index is -0.875. The van der Waals surface area contributed by atoms with Gasteiger partial charge in [-0.2, -0.15) is 0 Å². The summed E-state index contributed by atoms with van der Waals surface area (Å²) in [7, 11) is 0. The zero-order chi connectivity index (χ0) is 17.0. The molecule has 1 aliphatic heterocycles. The summed E-state index contributed by atoms with van der Waals surface area (Å²) in [5.74, 6) is -0.384. The van der Waals surface area contributed by atoms with Crippen LogP contribution in [0, 0.1) is 17.8 Å². The molecule has 6 heteroatoms. The molecule has 4 atom stereocenters. The fraction of sp³-hybridized carbons (Fsp3) is 0.500. The molecule has 2 fully saturated rings. The van der Waals surface area contributed by atoms with Crippen LogP contribution in [-0.2, 0) is 9.59 Å². The van der Waals surface area contributed by atoms with Crippen molar-refractivity contribution in [2.75, 3.05) is 11.2 Å². The van der Waals surface area contributed by atoms with Gasteiger partial charge in [0.2, 0.25) is 5.91 Å². The molecule has 2 bridgehead atoms. The predicted molar refractivity (Wildman–Crippen MR) is 92.0 cm³/mol. The lowest BCUT2D eigenvalue weighted by atomic mass is 9.79. The Morgan fingerprint density at radius 2 is 2.04 bits per heavy atom. The van der Waals surface area contributed by atoms with Crippen LogP contribution in [0.25, 0.3) is 0 Å². The number of nitrogens with two attached hydrogens (primary N) is 1. The van der Waals surface area contributed by atoms with E-state index in [-0.39, 0.29) is 11.7 Å². The molecule has 1 aromatic rings. The van der Waals surface area contributed by atoms with E-state index in [0.717, 1.165) is 29.1 Å². The monoisotopic (exact) mass is 344 g/mol. The maximum atomic E-state index is 13.2. The summed E-state index contributed by atoms with van der Waals surface area (Å²) in [5.41, 5.74) is 6.56. The molecule has 4 rings (SSSR count). The summed E-state index contributed by atoms with van der Waals surface area (Å²) in [6.45, 7) is 0. The van der Waals surface area contributed by atoms with E-state index in [1.54, 1.807) is 12.1 Å². The van der Waals surface area contributed by atoms with Crippen molar-refractivity contribution in [1.82, 2.24) is 0 Å². The van der Waals surface area contributed by atoms with E-state index in [0.29, 0.717) is 23.1 Å². The lowest BCUT2D eigenvalue weighted by Gasteiger charge is -2.23. The van der Waals surface area contributed by atoms with Gasteiger partial charge in [-0.3, -0.25) is 9.59 Å². The Labute approximate surface area is 145 Å². The number of hydrogen-bond donors (Lipinski definition) is 1. The zero-order valence-corrected chi connectivity index (χ0v) is 14.3. The molecule has 2 aliphatic carbocycles. The Balaban J connectivity index is 1.77. The van der Waals surface area contributed by atoms with Gasteiger partial charge in [0.15, 0.2) is 5.78 Å². The molecule has 2 saturated carbocycles. The second-order valence-corrected chi connectivity index (χ2v) is 7.87. The second kappa shape index (κ2) is 5.62. The van der Waals surface area contributed by atoms with E-state index < -0.39 is 17.9 Å². The predicted octanol–water partition coefficient (Wildman–Crippen LogP) is 2.92. The molecule has 0 saturated heterocycles. The van der Waals surface area contributed by atoms with E-state index in [1.807, 2.05) is 12.3 Å². The van der Waals surface area contributed by atoms with Crippen molar-refractivity contribution in [3.05, 3.63) is 23.8 Å². The fourth-order valence-electron chi connectivity index (χ4n) is 4.87. The summed E-state index contributed by atoms with van der Waals surface area (Å²) in [6, 6.07) is 4.56. The number of rotatable bonds is 3. The first-order valence-corrected chi connectivity index (χ1v) is 9.59. The van der Waals surface area contributed by atoms with Crippen LogP contribution in [0.1, 0.15) is 37.2 Å². The molecule has 0 aromatic heterocycles. The number of fused-ring (bicyclic) bond motifs is 3. The molecule has 2 N–H and O–H groups in total. The van der Waals surface area contributed by atoms with Crippen molar-refractivity contribution in [2.24, 2.45) is 23.5 Å². The standard InChI is InChI=1S/C18H20N2O3S/c1-24-13-4-2-3-12-14(13)15(17(22)20(12)18(19)23)16(21)11-8-9-5-6-10(11)7-9/h2-4,9-11,15H,5-8H2,1H3,(H2,19,23). The fourth-order valence-corrected chi connectivity index (χ4v) is 5.52. The van der Waals surface area contributed by atoms with Crippen LogP contribution < -0.4 is 10.6 Å². The van der Waals surface area contributed by atoms with E-state index in [4.69, 9.17) is 5.73 Å². The molecule has 1 heterocycles. The summed E-state index contributed by atoms with van der Waals surface area (Å²) < 4.78 is 0. The average Bonchev–Trinajstić information content (AvgIpc) is 3.25. The zero-order valence-electron chi connectivity index (χ0n) is 13.5. The van der Waals surface area contributed by atoms with Gasteiger partial charge < -0.3 is 5.73 Å². The van der Waals surface area contributed by atoms with E-state index >= 15 is 0 Å². The summed E-state index contributed by atoms with van der Waals surface area (Å²) >= 11 is 1.49. The number of carbonyl (C=O) groups excluding carboxylic acids is 3. The van der Waals surface area contributed by atoms with Crippen LogP contribution in [0.5, 0.6) is 0 Å². The number of Topliss-reactive ketones (excluding diaryl/α,β-unsaturated/α-hetero) is 1. The number of imide groups is 1. The maximum absolute atomic E-state index is 13.2. The van der Waals surface area contributed by atoms with Crippen molar-refractivity contribution >= 4 is 35.2 Å². The van der Waals surface area contributed by atoms with Crippen LogP contribution in [-0.4, -0.2) is 24.0 Å². The number of nitrogens with zero attached hydrogens (tertiary/aromatic N) is 1. The lowest BCUT2D eigenvalue weighted by molar-refractivity contribution is -0.131. The molecule has 3 amide bonds. The van der Waals surface area contributed by atoms with Crippen molar-refractivity contribution in [3.8, 4) is 0 Å². The molecule has 0 spiro atoms. The first-order valence-electron chi connectivity index (χ1n) is 8.37. The molecule has 24 heavy (non-hydrogen) atoms. The third kappa shape index (κ3) is 2.12. The number of carbonyl (C=O) groups is 3. The molecular weight excluding hydrogens is 324 g/mol. The van der Waals surface area contributed by atoms with E-state index in [2.05, 4.69) is 0 Å². The van der Waals surface area contributed by atoms with E-state index in [9.17, 15) is 14.4 Å². The number of anilines is 1. The van der Waals surface area contributed by atoms with Gasteiger partial charge >= 0.3 is 6.03 Å². The number of ketones is 1. The summed E-state index contributed by atoms with van der Waals surface area (Å²) in [6.07, 6.45) is 6.19. The smallest absolute Gasteiger partial charge is 0.326 e. The number of amides is 3.